The van der Waals surface area contributed by atoms with Gasteiger partial charge in [-0.25, -0.2) is 14.4 Å². The number of esters is 3. The summed E-state index contributed by atoms with van der Waals surface area (Å²) in [6.07, 6.45) is 0.822. The number of carbonyl (C=O) groups is 3. The summed E-state index contributed by atoms with van der Waals surface area (Å²) in [7, 11) is 0. The topological polar surface area (TPSA) is 97.4 Å². The van der Waals surface area contributed by atoms with E-state index in [1.54, 1.807) is 91.0 Å². The Hall–Kier alpha value is -4.45. The van der Waals surface area contributed by atoms with Crippen LogP contribution in [0.25, 0.3) is 0 Å². The second kappa shape index (κ2) is 12.5. The number of rotatable bonds is 9. The van der Waals surface area contributed by atoms with E-state index in [1.165, 1.54) is 0 Å². The zero-order chi connectivity index (χ0) is 26.0. The largest absolute Gasteiger partial charge is 0.459 e. The fourth-order valence-corrected chi connectivity index (χ4v) is 3.70. The van der Waals surface area contributed by atoms with Gasteiger partial charge >= 0.3 is 17.9 Å². The van der Waals surface area contributed by atoms with Gasteiger partial charge in [-0.2, -0.15) is 0 Å². The first-order valence-corrected chi connectivity index (χ1v) is 11.5. The Morgan fingerprint density at radius 2 is 1.16 bits per heavy atom. The third-order valence-electron chi connectivity index (χ3n) is 5.49. The van der Waals surface area contributed by atoms with E-state index >= 15 is 0 Å². The van der Waals surface area contributed by atoms with E-state index in [0.717, 1.165) is 0 Å². The van der Waals surface area contributed by atoms with Crippen molar-refractivity contribution in [2.45, 2.75) is 24.6 Å². The van der Waals surface area contributed by atoms with Crippen molar-refractivity contribution in [1.29, 1.82) is 0 Å². The molecule has 1 aliphatic rings. The molecule has 1 aliphatic heterocycles. The molecule has 4 unspecified atom stereocenters. The smallest absolute Gasteiger partial charge is 0.338 e. The molecule has 1 saturated heterocycles. The Balaban J connectivity index is 1.57. The van der Waals surface area contributed by atoms with E-state index in [9.17, 15) is 14.4 Å². The van der Waals surface area contributed by atoms with Crippen LogP contribution >= 0.6 is 0 Å². The molecule has 0 radical (unpaired) electrons. The average Bonchev–Trinajstić information content (AvgIpc) is 3.27. The van der Waals surface area contributed by atoms with Crippen molar-refractivity contribution in [3.8, 4) is 12.3 Å². The van der Waals surface area contributed by atoms with Crippen LogP contribution in [-0.4, -0.2) is 55.7 Å². The zero-order valence-corrected chi connectivity index (χ0v) is 19.7. The van der Waals surface area contributed by atoms with Crippen molar-refractivity contribution in [3.05, 3.63) is 108 Å². The highest BCUT2D eigenvalue weighted by atomic mass is 16.7. The molecule has 4 rings (SSSR count). The Kier molecular flexibility index (Phi) is 8.66. The Morgan fingerprint density at radius 3 is 1.65 bits per heavy atom. The SMILES string of the molecule is C#CCOC1OC(COC(=O)c2ccccc2)C(OC(=O)c2ccccc2)C1OC(=O)c1ccccc1. The molecule has 0 spiro atoms. The quantitative estimate of drug-likeness (QED) is 0.249. The Labute approximate surface area is 214 Å². The maximum absolute atomic E-state index is 12.9. The predicted octanol–water partition coefficient (Wildman–Crippen LogP) is 3.67. The Bertz CT molecular complexity index is 1240. The second-order valence-corrected chi connectivity index (χ2v) is 7.99. The average molecular weight is 501 g/mol. The van der Waals surface area contributed by atoms with E-state index in [2.05, 4.69) is 5.92 Å². The summed E-state index contributed by atoms with van der Waals surface area (Å²) in [5.41, 5.74) is 0.902. The maximum Gasteiger partial charge on any atom is 0.338 e. The molecule has 3 aromatic rings. The van der Waals surface area contributed by atoms with Gasteiger partial charge in [-0.3, -0.25) is 0 Å². The van der Waals surface area contributed by atoms with Crippen LogP contribution in [0.5, 0.6) is 0 Å². The second-order valence-electron chi connectivity index (χ2n) is 7.99. The van der Waals surface area contributed by atoms with E-state index in [0.29, 0.717) is 5.56 Å². The van der Waals surface area contributed by atoms with Gasteiger partial charge in [0, 0.05) is 0 Å². The summed E-state index contributed by atoms with van der Waals surface area (Å²) in [6.45, 7) is -0.449. The first kappa shape index (κ1) is 25.6. The number of carbonyl (C=O) groups excluding carboxylic acids is 3. The molecule has 0 aromatic heterocycles. The standard InChI is InChI=1S/C29H24O8/c1-2-18-33-29-25(37-28(32)22-16-10-5-11-17-22)24(36-27(31)21-14-8-4-9-15-21)23(35-29)19-34-26(30)20-12-6-3-7-13-20/h1,3-17,23-25,29H,18-19H2. The van der Waals surface area contributed by atoms with Crippen LogP contribution in [0.2, 0.25) is 0 Å². The minimum absolute atomic E-state index is 0.153. The molecule has 0 saturated carbocycles. The van der Waals surface area contributed by atoms with Gasteiger partial charge in [-0.05, 0) is 36.4 Å². The van der Waals surface area contributed by atoms with Crippen LogP contribution in [0.1, 0.15) is 31.1 Å². The van der Waals surface area contributed by atoms with Crippen molar-refractivity contribution < 1.29 is 38.1 Å². The first-order valence-electron chi connectivity index (χ1n) is 11.5. The molecule has 3 aromatic carbocycles. The molecular formula is C29H24O8. The number of benzene rings is 3. The van der Waals surface area contributed by atoms with Crippen molar-refractivity contribution in [2.75, 3.05) is 13.2 Å². The van der Waals surface area contributed by atoms with Crippen LogP contribution in [0.15, 0.2) is 91.0 Å². The van der Waals surface area contributed by atoms with Crippen LogP contribution in [0.4, 0.5) is 0 Å². The third-order valence-corrected chi connectivity index (χ3v) is 5.49. The molecule has 0 N–H and O–H groups in total. The molecule has 8 heteroatoms. The lowest BCUT2D eigenvalue weighted by molar-refractivity contribution is -0.163. The number of hydrogen-bond donors (Lipinski definition) is 0. The van der Waals surface area contributed by atoms with Gasteiger partial charge in [0.25, 0.3) is 0 Å². The summed E-state index contributed by atoms with van der Waals surface area (Å²) >= 11 is 0. The fraction of sp³-hybridized carbons (Fsp3) is 0.207. The minimum atomic E-state index is -1.19. The van der Waals surface area contributed by atoms with Gasteiger partial charge in [0.1, 0.15) is 19.3 Å². The molecule has 1 fully saturated rings. The molecule has 37 heavy (non-hydrogen) atoms. The van der Waals surface area contributed by atoms with E-state index in [1.807, 2.05) is 0 Å². The van der Waals surface area contributed by atoms with E-state index in [4.69, 9.17) is 30.1 Å². The van der Waals surface area contributed by atoms with Crippen LogP contribution in [-0.2, 0) is 23.7 Å². The van der Waals surface area contributed by atoms with Crippen LogP contribution in [0, 0.1) is 12.3 Å². The molecule has 8 nitrogen and oxygen atoms in total. The van der Waals surface area contributed by atoms with Gasteiger partial charge in [-0.1, -0.05) is 60.5 Å². The molecule has 4 atom stereocenters. The van der Waals surface area contributed by atoms with Crippen molar-refractivity contribution >= 4 is 17.9 Å². The van der Waals surface area contributed by atoms with Gasteiger partial charge in [0.15, 0.2) is 18.5 Å². The van der Waals surface area contributed by atoms with Gasteiger partial charge in [0.05, 0.1) is 16.7 Å². The van der Waals surface area contributed by atoms with Crippen LogP contribution in [0.3, 0.4) is 0 Å². The monoisotopic (exact) mass is 500 g/mol. The molecule has 188 valence electrons. The predicted molar refractivity (Wildman–Crippen MR) is 131 cm³/mol. The lowest BCUT2D eigenvalue weighted by atomic mass is 10.1. The van der Waals surface area contributed by atoms with Crippen molar-refractivity contribution in [2.24, 2.45) is 0 Å². The number of terminal acetylenes is 1. The molecule has 0 amide bonds. The van der Waals surface area contributed by atoms with Gasteiger partial charge in [0.2, 0.25) is 0 Å². The van der Waals surface area contributed by atoms with Crippen molar-refractivity contribution in [3.63, 3.8) is 0 Å². The summed E-state index contributed by atoms with van der Waals surface area (Å²) in [4.78, 5) is 38.3. The molecule has 0 bridgehead atoms. The molecule has 1 heterocycles. The third kappa shape index (κ3) is 6.61. The molecular weight excluding hydrogens is 476 g/mol. The number of hydrogen-bond acceptors (Lipinski definition) is 8. The van der Waals surface area contributed by atoms with Gasteiger partial charge in [-0.15, -0.1) is 6.42 Å². The minimum Gasteiger partial charge on any atom is -0.459 e. The summed E-state index contributed by atoms with van der Waals surface area (Å²) in [5.74, 6) is 0.389. The normalized spacial score (nSPS) is 20.4. The Morgan fingerprint density at radius 1 is 0.703 bits per heavy atom. The zero-order valence-electron chi connectivity index (χ0n) is 19.7. The highest BCUT2D eigenvalue weighted by molar-refractivity contribution is 5.91. The van der Waals surface area contributed by atoms with Crippen molar-refractivity contribution in [1.82, 2.24) is 0 Å². The first-order chi connectivity index (χ1) is 18.1. The van der Waals surface area contributed by atoms with Crippen LogP contribution < -0.4 is 0 Å². The fourth-order valence-electron chi connectivity index (χ4n) is 3.70. The number of ether oxygens (including phenoxy) is 5. The summed E-state index contributed by atoms with van der Waals surface area (Å²) in [5, 5.41) is 0. The van der Waals surface area contributed by atoms with E-state index in [-0.39, 0.29) is 24.3 Å². The van der Waals surface area contributed by atoms with Gasteiger partial charge < -0.3 is 23.7 Å². The summed E-state index contributed by atoms with van der Waals surface area (Å²) < 4.78 is 28.3. The van der Waals surface area contributed by atoms with E-state index < -0.39 is 42.5 Å². The molecule has 0 aliphatic carbocycles. The highest BCUT2D eigenvalue weighted by Crippen LogP contribution is 2.30. The lowest BCUT2D eigenvalue weighted by Crippen LogP contribution is -2.42. The summed E-state index contributed by atoms with van der Waals surface area (Å²) in [6, 6.07) is 25.0. The highest BCUT2D eigenvalue weighted by Gasteiger charge is 2.51. The maximum atomic E-state index is 12.9. The lowest BCUT2D eigenvalue weighted by Gasteiger charge is -2.24.